The van der Waals surface area contributed by atoms with Gasteiger partial charge in [0, 0.05) is 12.1 Å². The van der Waals surface area contributed by atoms with Crippen molar-refractivity contribution in [3.05, 3.63) is 46.9 Å². The zero-order valence-corrected chi connectivity index (χ0v) is 8.42. The Kier molecular flexibility index (Phi) is 4.41. The van der Waals surface area contributed by atoms with Gasteiger partial charge in [-0.15, -0.1) is 0 Å². The molecule has 1 rings (SSSR count). The Balaban J connectivity index is 2.55. The van der Waals surface area contributed by atoms with Crippen LogP contribution in [0.3, 0.4) is 0 Å². The molecule has 0 N–H and O–H groups in total. The second kappa shape index (κ2) is 5.82. The van der Waals surface area contributed by atoms with Crippen LogP contribution in [0.2, 0.25) is 0 Å². The third-order valence-electron chi connectivity index (χ3n) is 1.73. The maximum absolute atomic E-state index is 11.1. The van der Waals surface area contributed by atoms with E-state index in [1.165, 1.54) is 24.3 Å². The van der Waals surface area contributed by atoms with Gasteiger partial charge < -0.3 is 0 Å². The Hall–Kier alpha value is -1.95. The summed E-state index contributed by atoms with van der Waals surface area (Å²) in [5, 5.41) is 10.4. The number of carbonyl (C=O) groups is 1. The molecule has 0 saturated heterocycles. The van der Waals surface area contributed by atoms with Crippen molar-refractivity contribution in [1.29, 1.82) is 0 Å². The lowest BCUT2D eigenvalue weighted by atomic mass is 10.1. The van der Waals surface area contributed by atoms with Gasteiger partial charge >= 0.3 is 5.97 Å². The molecular formula is C10H10NO5. The molecule has 0 aliphatic heterocycles. The second-order valence-electron chi connectivity index (χ2n) is 2.88. The summed E-state index contributed by atoms with van der Waals surface area (Å²) in [5.41, 5.74) is 0.592. The second-order valence-corrected chi connectivity index (χ2v) is 2.88. The van der Waals surface area contributed by atoms with Gasteiger partial charge in [-0.1, -0.05) is 12.1 Å². The molecule has 1 aromatic carbocycles. The molecule has 0 saturated carbocycles. The lowest BCUT2D eigenvalue weighted by molar-refractivity contribution is -0.384. The Labute approximate surface area is 91.9 Å². The van der Waals surface area contributed by atoms with Crippen LogP contribution in [0.15, 0.2) is 24.3 Å². The van der Waals surface area contributed by atoms with Crippen molar-refractivity contribution in [2.75, 3.05) is 6.61 Å². The lowest BCUT2D eigenvalue weighted by Crippen LogP contribution is -2.08. The highest BCUT2D eigenvalue weighted by atomic mass is 17.2. The maximum Gasteiger partial charge on any atom is 0.346 e. The molecule has 1 aromatic rings. The SMILES string of the molecule is [CH2]COOC(=O)Cc1ccc([N+](=O)[O-])cc1. The van der Waals surface area contributed by atoms with Gasteiger partial charge in [0.2, 0.25) is 0 Å². The maximum atomic E-state index is 11.1. The molecule has 0 fully saturated rings. The van der Waals surface area contributed by atoms with E-state index in [1.807, 2.05) is 0 Å². The summed E-state index contributed by atoms with van der Waals surface area (Å²) in [5.74, 6) is -0.572. The number of carbonyl (C=O) groups excluding carboxylic acids is 1. The molecule has 0 spiro atoms. The fraction of sp³-hybridized carbons (Fsp3) is 0.200. The smallest absolute Gasteiger partial charge is 0.298 e. The van der Waals surface area contributed by atoms with E-state index < -0.39 is 10.9 Å². The van der Waals surface area contributed by atoms with Crippen LogP contribution < -0.4 is 0 Å². The normalized spacial score (nSPS) is 9.81. The van der Waals surface area contributed by atoms with Gasteiger partial charge in [0.25, 0.3) is 5.69 Å². The standard InChI is InChI=1S/C10H10NO5/c1-2-15-16-10(12)7-8-3-5-9(6-4-8)11(13)14/h3-6H,1-2,7H2. The van der Waals surface area contributed by atoms with Gasteiger partial charge in [-0.2, -0.15) is 4.89 Å². The minimum absolute atomic E-state index is 0.00199. The Bertz CT molecular complexity index is 373. The Morgan fingerprint density at radius 2 is 2.00 bits per heavy atom. The molecule has 0 aromatic heterocycles. The van der Waals surface area contributed by atoms with Crippen molar-refractivity contribution >= 4 is 11.7 Å². The number of nitro benzene ring substituents is 1. The predicted octanol–water partition coefficient (Wildman–Crippen LogP) is 1.45. The fourth-order valence-corrected chi connectivity index (χ4v) is 1.04. The first-order chi connectivity index (χ1) is 7.63. The monoisotopic (exact) mass is 224 g/mol. The number of benzene rings is 1. The van der Waals surface area contributed by atoms with Crippen LogP contribution in [0.1, 0.15) is 5.56 Å². The molecule has 16 heavy (non-hydrogen) atoms. The minimum Gasteiger partial charge on any atom is -0.298 e. The first kappa shape index (κ1) is 12.1. The van der Waals surface area contributed by atoms with Gasteiger partial charge in [-0.05, 0) is 12.5 Å². The van der Waals surface area contributed by atoms with Gasteiger partial charge in [0.15, 0.2) is 0 Å². The zero-order valence-electron chi connectivity index (χ0n) is 8.42. The first-order valence-electron chi connectivity index (χ1n) is 4.48. The number of non-ortho nitro benzene ring substituents is 1. The predicted molar refractivity (Wildman–Crippen MR) is 54.2 cm³/mol. The van der Waals surface area contributed by atoms with Gasteiger partial charge in [-0.25, -0.2) is 4.79 Å². The summed E-state index contributed by atoms with van der Waals surface area (Å²) in [6.07, 6.45) is -0.00199. The summed E-state index contributed by atoms with van der Waals surface area (Å²) in [6, 6.07) is 5.63. The van der Waals surface area contributed by atoms with Crippen LogP contribution in [0, 0.1) is 17.0 Å². The topological polar surface area (TPSA) is 78.7 Å². The van der Waals surface area contributed by atoms with Crippen molar-refractivity contribution < 1.29 is 19.5 Å². The van der Waals surface area contributed by atoms with E-state index >= 15 is 0 Å². The highest BCUT2D eigenvalue weighted by molar-refractivity contribution is 5.72. The lowest BCUT2D eigenvalue weighted by Gasteiger charge is -2.01. The average Bonchev–Trinajstić information content (AvgIpc) is 2.27. The number of nitro groups is 1. The molecule has 0 aliphatic carbocycles. The van der Waals surface area contributed by atoms with Crippen LogP contribution in [0.5, 0.6) is 0 Å². The molecule has 6 nitrogen and oxygen atoms in total. The van der Waals surface area contributed by atoms with Gasteiger partial charge in [-0.3, -0.25) is 15.0 Å². The Morgan fingerprint density at radius 1 is 1.38 bits per heavy atom. The van der Waals surface area contributed by atoms with Crippen molar-refractivity contribution in [1.82, 2.24) is 0 Å². The van der Waals surface area contributed by atoms with Crippen LogP contribution in [-0.2, 0) is 21.0 Å². The molecule has 0 aliphatic rings. The fourth-order valence-electron chi connectivity index (χ4n) is 1.04. The molecule has 0 atom stereocenters. The molecule has 0 unspecified atom stereocenters. The van der Waals surface area contributed by atoms with Crippen LogP contribution in [-0.4, -0.2) is 17.5 Å². The molecule has 0 amide bonds. The quantitative estimate of drug-likeness (QED) is 0.429. The van der Waals surface area contributed by atoms with E-state index in [0.717, 1.165) is 0 Å². The molecule has 85 valence electrons. The van der Waals surface area contributed by atoms with Gasteiger partial charge in [0.05, 0.1) is 18.0 Å². The van der Waals surface area contributed by atoms with Crippen molar-refractivity contribution in [3.63, 3.8) is 0 Å². The van der Waals surface area contributed by atoms with Crippen LogP contribution in [0.4, 0.5) is 5.69 Å². The van der Waals surface area contributed by atoms with Crippen molar-refractivity contribution in [3.8, 4) is 0 Å². The van der Waals surface area contributed by atoms with E-state index in [2.05, 4.69) is 16.7 Å². The molecule has 0 heterocycles. The van der Waals surface area contributed by atoms with Gasteiger partial charge in [0.1, 0.15) is 0 Å². The van der Waals surface area contributed by atoms with E-state index in [-0.39, 0.29) is 18.7 Å². The third-order valence-corrected chi connectivity index (χ3v) is 1.73. The molecular weight excluding hydrogens is 214 g/mol. The summed E-state index contributed by atoms with van der Waals surface area (Å²) in [6.45, 7) is 3.36. The summed E-state index contributed by atoms with van der Waals surface area (Å²) in [7, 11) is 0. The molecule has 6 heteroatoms. The number of rotatable bonds is 5. The van der Waals surface area contributed by atoms with Crippen LogP contribution in [0.25, 0.3) is 0 Å². The summed E-state index contributed by atoms with van der Waals surface area (Å²) in [4.78, 5) is 29.6. The van der Waals surface area contributed by atoms with E-state index in [1.54, 1.807) is 0 Å². The molecule has 0 bridgehead atoms. The average molecular weight is 224 g/mol. The highest BCUT2D eigenvalue weighted by Gasteiger charge is 2.08. The Morgan fingerprint density at radius 3 is 2.50 bits per heavy atom. The van der Waals surface area contributed by atoms with E-state index in [0.29, 0.717) is 5.56 Å². The van der Waals surface area contributed by atoms with Crippen molar-refractivity contribution in [2.45, 2.75) is 6.42 Å². The van der Waals surface area contributed by atoms with Crippen molar-refractivity contribution in [2.24, 2.45) is 0 Å². The summed E-state index contributed by atoms with van der Waals surface area (Å²) >= 11 is 0. The molecule has 1 radical (unpaired) electrons. The third kappa shape index (κ3) is 3.66. The van der Waals surface area contributed by atoms with E-state index in [9.17, 15) is 14.9 Å². The minimum atomic E-state index is -0.572. The highest BCUT2D eigenvalue weighted by Crippen LogP contribution is 2.12. The van der Waals surface area contributed by atoms with E-state index in [4.69, 9.17) is 0 Å². The number of hydrogen-bond donors (Lipinski definition) is 0. The largest absolute Gasteiger partial charge is 0.346 e. The zero-order chi connectivity index (χ0) is 12.0. The number of nitrogens with zero attached hydrogens (tertiary/aromatic N) is 1. The number of hydrogen-bond acceptors (Lipinski definition) is 5. The summed E-state index contributed by atoms with van der Waals surface area (Å²) < 4.78 is 0. The first-order valence-corrected chi connectivity index (χ1v) is 4.48. The van der Waals surface area contributed by atoms with Crippen LogP contribution >= 0.6 is 0 Å².